The van der Waals surface area contributed by atoms with E-state index >= 15 is 0 Å². The van der Waals surface area contributed by atoms with Crippen molar-refractivity contribution in [2.24, 2.45) is 4.99 Å². The van der Waals surface area contributed by atoms with E-state index in [0.717, 1.165) is 18.4 Å². The number of alkyl halides is 3. The predicted octanol–water partition coefficient (Wildman–Crippen LogP) is 2.80. The fraction of sp³-hybridized carbons (Fsp3) is 0.562. The molecule has 12 heteroatoms. The first-order valence-electron chi connectivity index (χ1n) is 8.24. The summed E-state index contributed by atoms with van der Waals surface area (Å²) in [5.41, 5.74) is -1.15. The van der Waals surface area contributed by atoms with E-state index < -0.39 is 27.6 Å². The molecule has 0 heterocycles. The molecule has 0 saturated carbocycles. The molecule has 0 spiro atoms. The van der Waals surface area contributed by atoms with Gasteiger partial charge in [0, 0.05) is 33.2 Å². The van der Waals surface area contributed by atoms with Crippen LogP contribution in [0.1, 0.15) is 24.5 Å². The standard InChI is InChI=1S/C16H24F4N4O2S.HI/c1-4-24(27(3,25)26)9-5-8-22-15(21-2)23-11-12-6-7-13(17)10-14(12)16(18,19)20;/h6-7,10H,4-5,8-9,11H2,1-3H3,(H2,21,22,23);1H. The van der Waals surface area contributed by atoms with E-state index in [0.29, 0.717) is 32.1 Å². The quantitative estimate of drug-likeness (QED) is 0.175. The average molecular weight is 540 g/mol. The van der Waals surface area contributed by atoms with E-state index in [1.165, 1.54) is 11.4 Å². The van der Waals surface area contributed by atoms with Crippen molar-refractivity contribution in [3.05, 3.63) is 35.1 Å². The van der Waals surface area contributed by atoms with Crippen LogP contribution in [0.2, 0.25) is 0 Å². The Morgan fingerprint density at radius 3 is 2.39 bits per heavy atom. The van der Waals surface area contributed by atoms with E-state index in [4.69, 9.17) is 0 Å². The molecule has 0 amide bonds. The van der Waals surface area contributed by atoms with Gasteiger partial charge in [-0.25, -0.2) is 17.1 Å². The Balaban J connectivity index is 0.00000729. The molecule has 0 atom stereocenters. The van der Waals surface area contributed by atoms with E-state index in [2.05, 4.69) is 15.6 Å². The Labute approximate surface area is 179 Å². The van der Waals surface area contributed by atoms with Crippen molar-refractivity contribution in [3.63, 3.8) is 0 Å². The van der Waals surface area contributed by atoms with Gasteiger partial charge >= 0.3 is 6.18 Å². The molecule has 0 aromatic heterocycles. The Morgan fingerprint density at radius 1 is 1.25 bits per heavy atom. The minimum Gasteiger partial charge on any atom is -0.356 e. The molecule has 0 aliphatic rings. The van der Waals surface area contributed by atoms with Crippen LogP contribution in [-0.2, 0) is 22.7 Å². The Morgan fingerprint density at radius 2 is 1.89 bits per heavy atom. The average Bonchev–Trinajstić information content (AvgIpc) is 2.56. The second-order valence-corrected chi connectivity index (χ2v) is 7.74. The van der Waals surface area contributed by atoms with Crippen molar-refractivity contribution in [3.8, 4) is 0 Å². The number of benzene rings is 1. The molecule has 0 aliphatic heterocycles. The summed E-state index contributed by atoms with van der Waals surface area (Å²) in [6, 6.07) is 2.49. The van der Waals surface area contributed by atoms with Crippen LogP contribution < -0.4 is 10.6 Å². The minimum atomic E-state index is -4.66. The van der Waals surface area contributed by atoms with E-state index in [9.17, 15) is 26.0 Å². The van der Waals surface area contributed by atoms with Crippen LogP contribution in [-0.4, -0.2) is 51.6 Å². The van der Waals surface area contributed by atoms with Crippen LogP contribution in [0.25, 0.3) is 0 Å². The largest absolute Gasteiger partial charge is 0.416 e. The summed E-state index contributed by atoms with van der Waals surface area (Å²) in [7, 11) is -1.81. The van der Waals surface area contributed by atoms with E-state index in [1.807, 2.05) is 0 Å². The van der Waals surface area contributed by atoms with Gasteiger partial charge in [0.2, 0.25) is 10.0 Å². The highest BCUT2D eigenvalue weighted by atomic mass is 127. The Hall–Kier alpha value is -1.15. The molecule has 6 nitrogen and oxygen atoms in total. The van der Waals surface area contributed by atoms with Gasteiger partial charge in [-0.05, 0) is 24.1 Å². The van der Waals surface area contributed by atoms with Crippen LogP contribution >= 0.6 is 24.0 Å². The fourth-order valence-corrected chi connectivity index (χ4v) is 3.32. The van der Waals surface area contributed by atoms with Crippen LogP contribution in [0, 0.1) is 5.82 Å². The van der Waals surface area contributed by atoms with Gasteiger partial charge < -0.3 is 10.6 Å². The van der Waals surface area contributed by atoms with Crippen molar-refractivity contribution in [2.45, 2.75) is 26.1 Å². The highest BCUT2D eigenvalue weighted by Gasteiger charge is 2.33. The lowest BCUT2D eigenvalue weighted by atomic mass is 10.1. The third-order valence-corrected chi connectivity index (χ3v) is 5.12. The molecule has 0 unspecified atom stereocenters. The molecular weight excluding hydrogens is 515 g/mol. The van der Waals surface area contributed by atoms with Crippen LogP contribution in [0.4, 0.5) is 17.6 Å². The molecule has 1 rings (SSSR count). The molecule has 28 heavy (non-hydrogen) atoms. The number of hydrogen-bond donors (Lipinski definition) is 2. The second-order valence-electron chi connectivity index (χ2n) is 5.76. The molecule has 0 radical (unpaired) electrons. The smallest absolute Gasteiger partial charge is 0.356 e. The molecule has 0 aliphatic carbocycles. The lowest BCUT2D eigenvalue weighted by Crippen LogP contribution is -2.39. The summed E-state index contributed by atoms with van der Waals surface area (Å²) >= 11 is 0. The number of sulfonamides is 1. The van der Waals surface area contributed by atoms with Crippen molar-refractivity contribution >= 4 is 40.0 Å². The SMILES string of the molecule is CCN(CCCNC(=NC)NCc1ccc(F)cc1C(F)(F)F)S(C)(=O)=O.I. The first-order chi connectivity index (χ1) is 12.5. The second kappa shape index (κ2) is 11.8. The maximum absolute atomic E-state index is 13.1. The lowest BCUT2D eigenvalue weighted by Gasteiger charge is -2.19. The van der Waals surface area contributed by atoms with Gasteiger partial charge in [0.15, 0.2) is 5.96 Å². The zero-order valence-electron chi connectivity index (χ0n) is 15.8. The maximum Gasteiger partial charge on any atom is 0.416 e. The number of halogens is 5. The third-order valence-electron chi connectivity index (χ3n) is 3.75. The van der Waals surface area contributed by atoms with Crippen molar-refractivity contribution < 1.29 is 26.0 Å². The molecular formula is C16H25F4IN4O2S. The fourth-order valence-electron chi connectivity index (χ4n) is 2.39. The summed E-state index contributed by atoms with van der Waals surface area (Å²) in [6.07, 6.45) is -3.04. The van der Waals surface area contributed by atoms with Gasteiger partial charge in [-0.1, -0.05) is 13.0 Å². The van der Waals surface area contributed by atoms with E-state index in [-0.39, 0.29) is 42.0 Å². The van der Waals surface area contributed by atoms with Gasteiger partial charge in [-0.3, -0.25) is 4.99 Å². The highest BCUT2D eigenvalue weighted by molar-refractivity contribution is 14.0. The van der Waals surface area contributed by atoms with Gasteiger partial charge in [0.05, 0.1) is 11.8 Å². The molecule has 0 bridgehead atoms. The normalized spacial score (nSPS) is 12.6. The van der Waals surface area contributed by atoms with Gasteiger partial charge in [-0.2, -0.15) is 13.2 Å². The summed E-state index contributed by atoms with van der Waals surface area (Å²) in [5, 5.41) is 5.64. The summed E-state index contributed by atoms with van der Waals surface area (Å²) in [6.45, 7) is 2.59. The number of hydrogen-bond acceptors (Lipinski definition) is 3. The highest BCUT2D eigenvalue weighted by Crippen LogP contribution is 2.32. The van der Waals surface area contributed by atoms with Crippen LogP contribution in [0.5, 0.6) is 0 Å². The topological polar surface area (TPSA) is 73.8 Å². The minimum absolute atomic E-state index is 0. The number of rotatable bonds is 8. The summed E-state index contributed by atoms with van der Waals surface area (Å²) < 4.78 is 76.4. The Kier molecular flexibility index (Phi) is 11.3. The molecule has 0 saturated heterocycles. The maximum atomic E-state index is 13.1. The summed E-state index contributed by atoms with van der Waals surface area (Å²) in [4.78, 5) is 3.91. The molecule has 1 aromatic carbocycles. The first kappa shape index (κ1) is 26.9. The number of nitrogens with one attached hydrogen (secondary N) is 2. The molecule has 162 valence electrons. The van der Waals surface area contributed by atoms with Crippen molar-refractivity contribution in [1.29, 1.82) is 0 Å². The number of nitrogens with zero attached hydrogens (tertiary/aromatic N) is 2. The molecule has 1 aromatic rings. The lowest BCUT2D eigenvalue weighted by molar-refractivity contribution is -0.138. The van der Waals surface area contributed by atoms with Crippen molar-refractivity contribution in [1.82, 2.24) is 14.9 Å². The van der Waals surface area contributed by atoms with Crippen molar-refractivity contribution in [2.75, 3.05) is 32.9 Å². The van der Waals surface area contributed by atoms with Gasteiger partial charge in [0.1, 0.15) is 5.82 Å². The number of aliphatic imine (C=N–C) groups is 1. The first-order valence-corrected chi connectivity index (χ1v) is 10.1. The van der Waals surface area contributed by atoms with Crippen LogP contribution in [0.3, 0.4) is 0 Å². The van der Waals surface area contributed by atoms with Gasteiger partial charge in [0.25, 0.3) is 0 Å². The van der Waals surface area contributed by atoms with E-state index in [1.54, 1.807) is 6.92 Å². The zero-order chi connectivity index (χ0) is 20.7. The monoisotopic (exact) mass is 540 g/mol. The molecule has 2 N–H and O–H groups in total. The van der Waals surface area contributed by atoms with Gasteiger partial charge in [-0.15, -0.1) is 24.0 Å². The predicted molar refractivity (Wildman–Crippen MR) is 112 cm³/mol. The zero-order valence-corrected chi connectivity index (χ0v) is 19.0. The van der Waals surface area contributed by atoms with Crippen LogP contribution in [0.15, 0.2) is 23.2 Å². The number of guanidine groups is 1. The molecule has 0 fully saturated rings. The third kappa shape index (κ3) is 8.90. The Bertz CT molecular complexity index is 758. The summed E-state index contributed by atoms with van der Waals surface area (Å²) in [5.74, 6) is -0.699.